The highest BCUT2D eigenvalue weighted by atomic mass is 16.4. The van der Waals surface area contributed by atoms with Gasteiger partial charge in [-0.3, -0.25) is 9.59 Å². The third-order valence-corrected chi connectivity index (χ3v) is 5.27. The summed E-state index contributed by atoms with van der Waals surface area (Å²) in [4.78, 5) is 28.0. The van der Waals surface area contributed by atoms with Crippen molar-refractivity contribution in [2.75, 3.05) is 19.6 Å². The van der Waals surface area contributed by atoms with E-state index in [0.717, 1.165) is 51.9 Å². The maximum absolute atomic E-state index is 13.0. The lowest BCUT2D eigenvalue weighted by Gasteiger charge is -2.34. The molecule has 1 aromatic rings. The highest BCUT2D eigenvalue weighted by molar-refractivity contribution is 5.79. The quantitative estimate of drug-likeness (QED) is 0.788. The molecule has 2 fully saturated rings. The number of carboxylic acid groups (broad SMARTS) is 1. The Labute approximate surface area is 149 Å². The molecule has 0 atom stereocenters. The molecule has 5 heteroatoms. The van der Waals surface area contributed by atoms with E-state index in [1.807, 2.05) is 18.2 Å². The van der Waals surface area contributed by atoms with Gasteiger partial charge in [0.1, 0.15) is 0 Å². The summed E-state index contributed by atoms with van der Waals surface area (Å²) in [7, 11) is 0. The van der Waals surface area contributed by atoms with Gasteiger partial charge in [0.25, 0.3) is 0 Å². The molecular formula is C20H28N2O3. The monoisotopic (exact) mass is 344 g/mol. The van der Waals surface area contributed by atoms with Crippen LogP contribution in [0, 0.1) is 5.92 Å². The summed E-state index contributed by atoms with van der Waals surface area (Å²) in [5, 5.41) is 8.73. The maximum Gasteiger partial charge on any atom is 0.303 e. The van der Waals surface area contributed by atoms with E-state index in [2.05, 4.69) is 21.9 Å². The van der Waals surface area contributed by atoms with Gasteiger partial charge in [-0.15, -0.1) is 0 Å². The van der Waals surface area contributed by atoms with Gasteiger partial charge in [-0.2, -0.15) is 0 Å². The van der Waals surface area contributed by atoms with Crippen LogP contribution >= 0.6 is 0 Å². The number of aliphatic carboxylic acids is 1. The van der Waals surface area contributed by atoms with Crippen LogP contribution in [0.4, 0.5) is 0 Å². The molecule has 0 bridgehead atoms. The van der Waals surface area contributed by atoms with E-state index >= 15 is 0 Å². The molecule has 1 saturated heterocycles. The lowest BCUT2D eigenvalue weighted by Crippen LogP contribution is -2.43. The third kappa shape index (κ3) is 5.30. The van der Waals surface area contributed by atoms with Crippen LogP contribution in [0.3, 0.4) is 0 Å². The Kier molecular flexibility index (Phi) is 6.08. The molecule has 0 radical (unpaired) electrons. The van der Waals surface area contributed by atoms with Crippen LogP contribution in [0.15, 0.2) is 30.3 Å². The Morgan fingerprint density at radius 1 is 1.08 bits per heavy atom. The van der Waals surface area contributed by atoms with Gasteiger partial charge in [0.05, 0.1) is 0 Å². The molecule has 25 heavy (non-hydrogen) atoms. The number of nitrogens with zero attached hydrogens (tertiary/aromatic N) is 2. The number of hydrogen-bond donors (Lipinski definition) is 1. The Morgan fingerprint density at radius 3 is 2.36 bits per heavy atom. The summed E-state index contributed by atoms with van der Waals surface area (Å²) in [6, 6.07) is 10.7. The average Bonchev–Trinajstić information content (AvgIpc) is 3.45. The first-order chi connectivity index (χ1) is 12.1. The van der Waals surface area contributed by atoms with Gasteiger partial charge in [-0.05, 0) is 57.3 Å². The summed E-state index contributed by atoms with van der Waals surface area (Å²) < 4.78 is 0. The number of rotatable bonds is 8. The first kappa shape index (κ1) is 17.9. The minimum atomic E-state index is -0.731. The zero-order valence-electron chi connectivity index (χ0n) is 14.8. The third-order valence-electron chi connectivity index (χ3n) is 5.27. The van der Waals surface area contributed by atoms with Crippen molar-refractivity contribution < 1.29 is 14.7 Å². The lowest BCUT2D eigenvalue weighted by molar-refractivity contribution is -0.138. The Hall–Kier alpha value is -1.88. The molecular weight excluding hydrogens is 316 g/mol. The van der Waals surface area contributed by atoms with Crippen LogP contribution < -0.4 is 0 Å². The first-order valence-electron chi connectivity index (χ1n) is 9.42. The van der Waals surface area contributed by atoms with E-state index in [-0.39, 0.29) is 12.3 Å². The zero-order valence-corrected chi connectivity index (χ0v) is 14.8. The molecule has 0 unspecified atom stereocenters. The molecule has 1 heterocycles. The van der Waals surface area contributed by atoms with Gasteiger partial charge in [-0.25, -0.2) is 0 Å². The SMILES string of the molecule is O=C(O)CCCN1CCC(C(=O)N(Cc2ccccc2)C2CC2)CC1. The molecule has 1 saturated carbocycles. The van der Waals surface area contributed by atoms with Crippen LogP contribution in [-0.4, -0.2) is 52.5 Å². The minimum Gasteiger partial charge on any atom is -0.481 e. The summed E-state index contributed by atoms with van der Waals surface area (Å²) in [6.45, 7) is 3.35. The Morgan fingerprint density at radius 2 is 1.76 bits per heavy atom. The number of amides is 1. The Balaban J connectivity index is 1.49. The fourth-order valence-electron chi connectivity index (χ4n) is 3.65. The van der Waals surface area contributed by atoms with Gasteiger partial charge in [0.2, 0.25) is 5.91 Å². The topological polar surface area (TPSA) is 60.9 Å². The van der Waals surface area contributed by atoms with Crippen LogP contribution in [0.2, 0.25) is 0 Å². The summed E-state index contributed by atoms with van der Waals surface area (Å²) in [5.41, 5.74) is 1.20. The van der Waals surface area contributed by atoms with Crippen LogP contribution in [0.1, 0.15) is 44.1 Å². The summed E-state index contributed by atoms with van der Waals surface area (Å²) in [5.74, 6) is -0.289. The molecule has 0 spiro atoms. The number of hydrogen-bond acceptors (Lipinski definition) is 3. The highest BCUT2D eigenvalue weighted by Crippen LogP contribution is 2.31. The molecule has 1 aliphatic heterocycles. The van der Waals surface area contributed by atoms with Crippen molar-refractivity contribution in [2.45, 2.75) is 51.1 Å². The average molecular weight is 344 g/mol. The zero-order chi connectivity index (χ0) is 17.6. The molecule has 1 aliphatic carbocycles. The predicted octanol–water partition coefficient (Wildman–Crippen LogP) is 2.75. The van der Waals surface area contributed by atoms with Crippen LogP contribution in [-0.2, 0) is 16.1 Å². The largest absolute Gasteiger partial charge is 0.481 e. The van der Waals surface area contributed by atoms with Crippen LogP contribution in [0.5, 0.6) is 0 Å². The molecule has 5 nitrogen and oxygen atoms in total. The second-order valence-electron chi connectivity index (χ2n) is 7.30. The number of piperidine rings is 1. The number of carbonyl (C=O) groups excluding carboxylic acids is 1. The van der Waals surface area contributed by atoms with E-state index in [4.69, 9.17) is 5.11 Å². The summed E-state index contributed by atoms with van der Waals surface area (Å²) in [6.07, 6.45) is 4.97. The second-order valence-corrected chi connectivity index (χ2v) is 7.30. The second kappa shape index (κ2) is 8.48. The molecule has 2 aliphatic rings. The predicted molar refractivity (Wildman–Crippen MR) is 96.0 cm³/mol. The van der Waals surface area contributed by atoms with Crippen molar-refractivity contribution in [3.8, 4) is 0 Å². The molecule has 1 aromatic carbocycles. The van der Waals surface area contributed by atoms with Gasteiger partial charge < -0.3 is 14.9 Å². The normalized spacial score (nSPS) is 18.9. The molecule has 136 valence electrons. The molecule has 1 amide bonds. The lowest BCUT2D eigenvalue weighted by atomic mass is 9.94. The molecule has 3 rings (SSSR count). The number of likely N-dealkylation sites (tertiary alicyclic amines) is 1. The van der Waals surface area contributed by atoms with Crippen LogP contribution in [0.25, 0.3) is 0 Å². The molecule has 0 aromatic heterocycles. The number of benzene rings is 1. The van der Waals surface area contributed by atoms with Gasteiger partial charge in [0.15, 0.2) is 0 Å². The number of carbonyl (C=O) groups is 2. The molecule has 1 N–H and O–H groups in total. The first-order valence-corrected chi connectivity index (χ1v) is 9.42. The minimum absolute atomic E-state index is 0.125. The van der Waals surface area contributed by atoms with Gasteiger partial charge >= 0.3 is 5.97 Å². The fraction of sp³-hybridized carbons (Fsp3) is 0.600. The fourth-order valence-corrected chi connectivity index (χ4v) is 3.65. The van der Waals surface area contributed by atoms with Gasteiger partial charge in [-0.1, -0.05) is 30.3 Å². The van der Waals surface area contributed by atoms with Crippen molar-refractivity contribution >= 4 is 11.9 Å². The van der Waals surface area contributed by atoms with Crippen molar-refractivity contribution in [3.63, 3.8) is 0 Å². The van der Waals surface area contributed by atoms with Crippen molar-refractivity contribution in [3.05, 3.63) is 35.9 Å². The van der Waals surface area contributed by atoms with Crippen molar-refractivity contribution in [2.24, 2.45) is 5.92 Å². The van der Waals surface area contributed by atoms with Crippen molar-refractivity contribution in [1.82, 2.24) is 9.80 Å². The van der Waals surface area contributed by atoms with E-state index in [1.54, 1.807) is 0 Å². The van der Waals surface area contributed by atoms with E-state index in [9.17, 15) is 9.59 Å². The van der Waals surface area contributed by atoms with E-state index in [0.29, 0.717) is 18.4 Å². The Bertz CT molecular complexity index is 578. The standard InChI is InChI=1S/C20H28N2O3/c23-19(24)7-4-12-21-13-10-17(11-14-21)20(25)22(18-8-9-18)15-16-5-2-1-3-6-16/h1-3,5-6,17-18H,4,7-15H2,(H,23,24). The van der Waals surface area contributed by atoms with E-state index in [1.165, 1.54) is 5.56 Å². The van der Waals surface area contributed by atoms with Crippen molar-refractivity contribution in [1.29, 1.82) is 0 Å². The van der Waals surface area contributed by atoms with Gasteiger partial charge in [0, 0.05) is 24.9 Å². The van der Waals surface area contributed by atoms with E-state index < -0.39 is 5.97 Å². The highest BCUT2D eigenvalue weighted by Gasteiger charge is 2.36. The summed E-state index contributed by atoms with van der Waals surface area (Å²) >= 11 is 0. The maximum atomic E-state index is 13.0. The smallest absolute Gasteiger partial charge is 0.303 e. The number of carboxylic acids is 1.